The second-order valence-corrected chi connectivity index (χ2v) is 5.90. The normalized spacial score (nSPS) is 13.3. The van der Waals surface area contributed by atoms with E-state index in [0.717, 1.165) is 0 Å². The number of anilines is 4. The Morgan fingerprint density at radius 1 is 1.00 bits per heavy atom. The van der Waals surface area contributed by atoms with Crippen molar-refractivity contribution in [1.29, 1.82) is 0 Å². The monoisotopic (exact) mass is 456 g/mol. The Morgan fingerprint density at radius 3 is 1.93 bits per heavy atom. The van der Waals surface area contributed by atoms with Crippen molar-refractivity contribution in [3.8, 4) is 5.75 Å². The Labute approximate surface area is 178 Å². The van der Waals surface area contributed by atoms with Crippen LogP contribution in [0.2, 0.25) is 0 Å². The lowest BCUT2D eigenvalue weighted by Gasteiger charge is -2.35. The summed E-state index contributed by atoms with van der Waals surface area (Å²) in [6, 6.07) is 9.26. The molecule has 2 aromatic carbocycles. The number of nitrogen functional groups attached to an aromatic ring is 4. The van der Waals surface area contributed by atoms with Gasteiger partial charge in [0.25, 0.3) is 5.79 Å². The van der Waals surface area contributed by atoms with E-state index in [-0.39, 0.29) is 29.5 Å². The molecule has 0 aromatic heterocycles. The summed E-state index contributed by atoms with van der Waals surface area (Å²) in [5.74, 6) is -1.55. The number of hydrogen-bond acceptors (Lipinski definition) is 9. The molecule has 0 amide bonds. The lowest BCUT2D eigenvalue weighted by atomic mass is 10.0. The van der Waals surface area contributed by atoms with Crippen molar-refractivity contribution in [2.75, 3.05) is 29.5 Å². The van der Waals surface area contributed by atoms with Crippen LogP contribution in [0.1, 0.15) is 12.5 Å². The van der Waals surface area contributed by atoms with Crippen LogP contribution in [0.15, 0.2) is 36.4 Å². The summed E-state index contributed by atoms with van der Waals surface area (Å²) >= 11 is 8.53. The summed E-state index contributed by atoms with van der Waals surface area (Å²) in [6.45, 7) is 0.753. The lowest BCUT2D eigenvalue weighted by molar-refractivity contribution is -0.280. The third-order valence-electron chi connectivity index (χ3n) is 3.36. The van der Waals surface area contributed by atoms with Crippen molar-refractivity contribution in [2.45, 2.75) is 19.0 Å². The molecule has 0 aliphatic carbocycles. The highest BCUT2D eigenvalue weighted by Gasteiger charge is 2.39. The number of halogens is 3. The Kier molecular flexibility index (Phi) is 11.1. The van der Waals surface area contributed by atoms with Gasteiger partial charge >= 0.3 is 0 Å². The molecule has 0 aliphatic rings. The van der Waals surface area contributed by atoms with Crippen molar-refractivity contribution >= 4 is 58.9 Å². The minimum atomic E-state index is -1.77. The molecule has 2 atom stereocenters. The van der Waals surface area contributed by atoms with Crippen LogP contribution in [0, 0.1) is 0 Å². The van der Waals surface area contributed by atoms with E-state index in [0.29, 0.717) is 16.9 Å². The van der Waals surface area contributed by atoms with Crippen LogP contribution >= 0.6 is 36.1 Å². The fourth-order valence-electron chi connectivity index (χ4n) is 2.34. The first-order valence-electron chi connectivity index (χ1n) is 7.54. The highest BCUT2D eigenvalue weighted by Crippen LogP contribution is 2.37. The molecule has 0 bridgehead atoms. The quantitative estimate of drug-likeness (QED) is 0.281. The minimum Gasteiger partial charge on any atom is -0.453 e. The number of aliphatic hydroxyl groups is 2. The van der Waals surface area contributed by atoms with E-state index in [2.05, 4.69) is 27.6 Å². The zero-order valence-electron chi connectivity index (χ0n) is 14.8. The van der Waals surface area contributed by atoms with Crippen LogP contribution in [0.5, 0.6) is 5.75 Å². The molecular formula is C16H23Cl3N4O5. The largest absolute Gasteiger partial charge is 0.453 e. The maximum atomic E-state index is 9.97. The fourth-order valence-corrected chi connectivity index (χ4v) is 2.34. The molecule has 158 valence electrons. The number of ether oxygens (including phenoxy) is 2. The Bertz CT molecular complexity index is 754. The first-order chi connectivity index (χ1) is 12.7. The zero-order chi connectivity index (χ0) is 20.6. The predicted octanol–water partition coefficient (Wildman–Crippen LogP) is 2.33. The molecule has 0 saturated carbocycles. The van der Waals surface area contributed by atoms with Crippen molar-refractivity contribution in [3.05, 3.63) is 42.0 Å². The zero-order valence-corrected chi connectivity index (χ0v) is 17.2. The molecule has 0 spiro atoms. The predicted molar refractivity (Wildman–Crippen MR) is 113 cm³/mol. The van der Waals surface area contributed by atoms with Crippen LogP contribution < -0.4 is 27.7 Å². The van der Waals surface area contributed by atoms with E-state index < -0.39 is 18.7 Å². The Balaban J connectivity index is 0.00000171. The SMILES string of the molecule is CC(O)OC(CO)(Oc1ccc(N)cc1N)c1ccc(N)cc1N.Cl.ClOCl. The lowest BCUT2D eigenvalue weighted by Crippen LogP contribution is -2.43. The van der Waals surface area contributed by atoms with Crippen molar-refractivity contribution in [1.82, 2.24) is 0 Å². The maximum Gasteiger partial charge on any atom is 0.264 e. The first-order valence-corrected chi connectivity index (χ1v) is 8.16. The van der Waals surface area contributed by atoms with Crippen molar-refractivity contribution < 1.29 is 23.5 Å². The summed E-state index contributed by atoms with van der Waals surface area (Å²) in [5.41, 5.74) is 24.9. The van der Waals surface area contributed by atoms with Crippen LogP contribution in [-0.2, 0) is 14.4 Å². The summed E-state index contributed by atoms with van der Waals surface area (Å²) in [7, 11) is 0. The summed E-state index contributed by atoms with van der Waals surface area (Å²) in [6.07, 6.45) is -1.25. The van der Waals surface area contributed by atoms with E-state index in [1.807, 2.05) is 0 Å². The highest BCUT2D eigenvalue weighted by molar-refractivity contribution is 6.24. The molecule has 2 rings (SSSR count). The van der Waals surface area contributed by atoms with Crippen LogP contribution in [-0.4, -0.2) is 23.1 Å². The molecule has 9 nitrogen and oxygen atoms in total. The third-order valence-corrected chi connectivity index (χ3v) is 3.36. The van der Waals surface area contributed by atoms with Gasteiger partial charge in [0.2, 0.25) is 0 Å². The van der Waals surface area contributed by atoms with Crippen LogP contribution in [0.25, 0.3) is 0 Å². The van der Waals surface area contributed by atoms with E-state index in [9.17, 15) is 10.2 Å². The van der Waals surface area contributed by atoms with Gasteiger partial charge in [-0.25, -0.2) is 0 Å². The topological polar surface area (TPSA) is 172 Å². The Hall–Kier alpha value is -1.85. The number of hydrogen-bond donors (Lipinski definition) is 6. The minimum absolute atomic E-state index is 0. The third kappa shape index (κ3) is 6.95. The average molecular weight is 458 g/mol. The van der Waals surface area contributed by atoms with E-state index in [4.69, 9.17) is 32.4 Å². The standard InChI is InChI=1S/C16H22N4O4.Cl2O.ClH/c1-9(22)23-16(8-21,12-4-2-10(17)6-13(12)19)24-15-5-3-11(18)7-14(15)20;1-3-2;/h2-7,9,21-22H,8,17-20H2,1H3;;1H. The molecular weight excluding hydrogens is 435 g/mol. The average Bonchev–Trinajstić information content (AvgIpc) is 2.57. The molecule has 12 heteroatoms. The summed E-state index contributed by atoms with van der Waals surface area (Å²) in [4.78, 5) is 0. The summed E-state index contributed by atoms with van der Waals surface area (Å²) in [5, 5.41) is 19.7. The molecule has 2 unspecified atom stereocenters. The first kappa shape index (κ1) is 26.1. The number of rotatable bonds is 6. The smallest absolute Gasteiger partial charge is 0.264 e. The van der Waals surface area contributed by atoms with Crippen molar-refractivity contribution in [3.63, 3.8) is 0 Å². The molecule has 0 saturated heterocycles. The van der Waals surface area contributed by atoms with Crippen LogP contribution in [0.4, 0.5) is 22.7 Å². The molecule has 28 heavy (non-hydrogen) atoms. The van der Waals surface area contributed by atoms with Gasteiger partial charge in [-0.05, 0) is 43.3 Å². The van der Waals surface area contributed by atoms with E-state index in [1.165, 1.54) is 25.1 Å². The summed E-state index contributed by atoms with van der Waals surface area (Å²) < 4.78 is 14.5. The molecule has 2 aromatic rings. The van der Waals surface area contributed by atoms with Gasteiger partial charge in [0.1, 0.15) is 12.4 Å². The van der Waals surface area contributed by atoms with E-state index in [1.54, 1.807) is 18.2 Å². The molecule has 0 aliphatic heterocycles. The second kappa shape index (κ2) is 11.9. The molecule has 0 heterocycles. The molecule has 0 radical (unpaired) electrons. The molecule has 0 fully saturated rings. The number of benzene rings is 2. The van der Waals surface area contributed by atoms with Gasteiger partial charge in [0.15, 0.2) is 6.29 Å². The fraction of sp³-hybridized carbons (Fsp3) is 0.250. The number of aliphatic hydroxyl groups excluding tert-OH is 2. The second-order valence-electron chi connectivity index (χ2n) is 5.43. The van der Waals surface area contributed by atoms with Gasteiger partial charge in [0, 0.05) is 22.6 Å². The van der Waals surface area contributed by atoms with Gasteiger partial charge in [-0.15, -0.1) is 12.4 Å². The van der Waals surface area contributed by atoms with Gasteiger partial charge in [-0.1, -0.05) is 0 Å². The van der Waals surface area contributed by atoms with E-state index >= 15 is 0 Å². The van der Waals surface area contributed by atoms with Gasteiger partial charge in [0.05, 0.1) is 29.4 Å². The van der Waals surface area contributed by atoms with Crippen molar-refractivity contribution in [2.24, 2.45) is 0 Å². The Morgan fingerprint density at radius 2 is 1.50 bits per heavy atom. The highest BCUT2D eigenvalue weighted by atomic mass is 35.6. The maximum absolute atomic E-state index is 9.97. The van der Waals surface area contributed by atoms with Gasteiger partial charge in [-0.2, -0.15) is 3.84 Å². The molecule has 10 N–H and O–H groups in total. The number of nitrogens with two attached hydrogens (primary N) is 4. The van der Waals surface area contributed by atoms with Crippen LogP contribution in [0.3, 0.4) is 0 Å². The van der Waals surface area contributed by atoms with Gasteiger partial charge in [-0.3, -0.25) is 0 Å². The van der Waals surface area contributed by atoms with Gasteiger partial charge < -0.3 is 42.6 Å².